The maximum Gasteiger partial charge on any atom is 0.394 e. The first-order valence-electron chi connectivity index (χ1n) is 3.89. The van der Waals surface area contributed by atoms with Crippen LogP contribution in [0.4, 0.5) is 0 Å². The molecule has 2 aromatic rings. The van der Waals surface area contributed by atoms with Gasteiger partial charge >= 0.3 is 12.0 Å². The van der Waals surface area contributed by atoms with Crippen LogP contribution in [0.5, 0.6) is 6.08 Å². The van der Waals surface area contributed by atoms with Gasteiger partial charge in [0.1, 0.15) is 5.52 Å². The van der Waals surface area contributed by atoms with Crippen LogP contribution < -0.4 is 4.74 Å². The molecule has 0 atom stereocenters. The lowest BCUT2D eigenvalue weighted by molar-refractivity contribution is 0.0699. The van der Waals surface area contributed by atoms with Crippen molar-refractivity contribution in [3.05, 3.63) is 23.8 Å². The van der Waals surface area contributed by atoms with Crippen molar-refractivity contribution in [2.75, 3.05) is 7.11 Å². The van der Waals surface area contributed by atoms with Gasteiger partial charge in [0, 0.05) is 0 Å². The van der Waals surface area contributed by atoms with E-state index in [9.17, 15) is 4.79 Å². The fourth-order valence-corrected chi connectivity index (χ4v) is 1.19. The molecule has 0 aliphatic heterocycles. The highest BCUT2D eigenvalue weighted by Crippen LogP contribution is 2.23. The van der Waals surface area contributed by atoms with Crippen molar-refractivity contribution >= 4 is 17.1 Å². The summed E-state index contributed by atoms with van der Waals surface area (Å²) in [4.78, 5) is 14.7. The van der Waals surface area contributed by atoms with Gasteiger partial charge in [-0.05, 0) is 12.1 Å². The summed E-state index contributed by atoms with van der Waals surface area (Å²) in [5.74, 6) is -1.04. The summed E-state index contributed by atoms with van der Waals surface area (Å²) in [5.41, 5.74) is 0.813. The number of hydrogen-bond donors (Lipinski definition) is 1. The summed E-state index contributed by atoms with van der Waals surface area (Å²) in [6.45, 7) is 0. The quantitative estimate of drug-likeness (QED) is 0.782. The van der Waals surface area contributed by atoms with Crippen molar-refractivity contribution in [3.8, 4) is 6.08 Å². The molecule has 0 saturated heterocycles. The Morgan fingerprint density at radius 3 is 3.00 bits per heavy atom. The highest BCUT2D eigenvalue weighted by atomic mass is 16.6. The SMILES string of the molecule is COc1nc2c(C(=O)O)cccc2o1. The van der Waals surface area contributed by atoms with Crippen molar-refractivity contribution in [1.82, 2.24) is 4.98 Å². The van der Waals surface area contributed by atoms with E-state index in [1.54, 1.807) is 12.1 Å². The van der Waals surface area contributed by atoms with Gasteiger partial charge in [-0.2, -0.15) is 4.98 Å². The number of para-hydroxylation sites is 1. The van der Waals surface area contributed by atoms with Gasteiger partial charge in [0.2, 0.25) is 0 Å². The zero-order chi connectivity index (χ0) is 10.1. The normalized spacial score (nSPS) is 10.4. The van der Waals surface area contributed by atoms with Gasteiger partial charge in [0.15, 0.2) is 5.58 Å². The van der Waals surface area contributed by atoms with Crippen LogP contribution in [0.15, 0.2) is 22.6 Å². The molecule has 2 rings (SSSR count). The maximum atomic E-state index is 10.8. The Morgan fingerprint density at radius 2 is 2.36 bits per heavy atom. The number of carboxylic acid groups (broad SMARTS) is 1. The molecule has 0 aliphatic carbocycles. The summed E-state index contributed by atoms with van der Waals surface area (Å²) >= 11 is 0. The lowest BCUT2D eigenvalue weighted by atomic mass is 10.2. The van der Waals surface area contributed by atoms with Crippen molar-refractivity contribution < 1.29 is 19.1 Å². The molecule has 1 aromatic heterocycles. The minimum Gasteiger partial charge on any atom is -0.478 e. The molecule has 0 fully saturated rings. The number of rotatable bonds is 2. The van der Waals surface area contributed by atoms with Crippen molar-refractivity contribution in [1.29, 1.82) is 0 Å². The van der Waals surface area contributed by atoms with Crippen molar-refractivity contribution in [3.63, 3.8) is 0 Å². The third kappa shape index (κ3) is 1.19. The number of aromatic nitrogens is 1. The number of nitrogens with zero attached hydrogens (tertiary/aromatic N) is 1. The number of carboxylic acids is 1. The number of methoxy groups -OCH3 is 1. The van der Waals surface area contributed by atoms with Crippen LogP contribution >= 0.6 is 0 Å². The second-order valence-electron chi connectivity index (χ2n) is 2.64. The van der Waals surface area contributed by atoms with Gasteiger partial charge in [-0.25, -0.2) is 4.79 Å². The van der Waals surface area contributed by atoms with Crippen LogP contribution in [-0.4, -0.2) is 23.2 Å². The smallest absolute Gasteiger partial charge is 0.394 e. The molecular weight excluding hydrogens is 186 g/mol. The Labute approximate surface area is 78.9 Å². The van der Waals surface area contributed by atoms with Crippen molar-refractivity contribution in [2.24, 2.45) is 0 Å². The van der Waals surface area contributed by atoms with E-state index in [0.29, 0.717) is 11.1 Å². The van der Waals surface area contributed by atoms with Gasteiger partial charge in [-0.3, -0.25) is 0 Å². The first-order valence-corrected chi connectivity index (χ1v) is 3.89. The first-order chi connectivity index (χ1) is 6.72. The van der Waals surface area contributed by atoms with E-state index >= 15 is 0 Å². The van der Waals surface area contributed by atoms with E-state index in [-0.39, 0.29) is 11.6 Å². The number of aromatic carboxylic acids is 1. The van der Waals surface area contributed by atoms with E-state index in [1.165, 1.54) is 13.2 Å². The zero-order valence-corrected chi connectivity index (χ0v) is 7.35. The number of carbonyl (C=O) groups is 1. The van der Waals surface area contributed by atoms with Crippen LogP contribution in [0.3, 0.4) is 0 Å². The summed E-state index contributed by atoms with van der Waals surface area (Å²) < 4.78 is 9.87. The molecule has 0 spiro atoms. The highest BCUT2D eigenvalue weighted by molar-refractivity contribution is 6.00. The van der Waals surface area contributed by atoms with Gasteiger partial charge in [0.05, 0.1) is 12.7 Å². The number of oxazole rings is 1. The van der Waals surface area contributed by atoms with Crippen LogP contribution in [-0.2, 0) is 0 Å². The molecule has 1 N–H and O–H groups in total. The zero-order valence-electron chi connectivity index (χ0n) is 7.35. The Bertz CT molecular complexity index is 489. The van der Waals surface area contributed by atoms with Gasteiger partial charge in [0.25, 0.3) is 0 Å². The van der Waals surface area contributed by atoms with E-state index in [2.05, 4.69) is 4.98 Å². The Hall–Kier alpha value is -2.04. The number of benzene rings is 1. The van der Waals surface area contributed by atoms with Gasteiger partial charge < -0.3 is 14.3 Å². The fourth-order valence-electron chi connectivity index (χ4n) is 1.19. The molecule has 0 amide bonds. The second kappa shape index (κ2) is 3.02. The molecule has 0 bridgehead atoms. The maximum absolute atomic E-state index is 10.8. The summed E-state index contributed by atoms with van der Waals surface area (Å²) in [7, 11) is 1.41. The highest BCUT2D eigenvalue weighted by Gasteiger charge is 2.13. The topological polar surface area (TPSA) is 72.6 Å². The average molecular weight is 193 g/mol. The molecule has 5 nitrogen and oxygen atoms in total. The predicted octanol–water partition coefficient (Wildman–Crippen LogP) is 1.53. The molecule has 14 heavy (non-hydrogen) atoms. The minimum absolute atomic E-state index is 0.0636. The lowest BCUT2D eigenvalue weighted by Crippen LogP contribution is -1.96. The second-order valence-corrected chi connectivity index (χ2v) is 2.64. The Morgan fingerprint density at radius 1 is 1.57 bits per heavy atom. The van der Waals surface area contributed by atoms with Gasteiger partial charge in [-0.1, -0.05) is 6.07 Å². The average Bonchev–Trinajstić information content (AvgIpc) is 2.59. The Kier molecular flexibility index (Phi) is 1.85. The molecular formula is C9H7NO4. The standard InChI is InChI=1S/C9H7NO4/c1-13-9-10-7-5(8(11)12)3-2-4-6(7)14-9/h2-4H,1H3,(H,11,12). The molecule has 1 aromatic carbocycles. The largest absolute Gasteiger partial charge is 0.478 e. The number of hydrogen-bond acceptors (Lipinski definition) is 4. The third-order valence-corrected chi connectivity index (χ3v) is 1.80. The van der Waals surface area contributed by atoms with Crippen LogP contribution in [0.1, 0.15) is 10.4 Å². The Balaban J connectivity index is 2.73. The van der Waals surface area contributed by atoms with Gasteiger partial charge in [-0.15, -0.1) is 0 Å². The minimum atomic E-state index is -1.04. The first kappa shape index (κ1) is 8.55. The van der Waals surface area contributed by atoms with E-state index in [1.807, 2.05) is 0 Å². The summed E-state index contributed by atoms with van der Waals surface area (Å²) in [6, 6.07) is 4.69. The molecule has 0 unspecified atom stereocenters. The molecule has 1 heterocycles. The van der Waals surface area contributed by atoms with Crippen LogP contribution in [0.25, 0.3) is 11.1 Å². The summed E-state index contributed by atoms with van der Waals surface area (Å²) in [5, 5.41) is 8.84. The van der Waals surface area contributed by atoms with Crippen LogP contribution in [0, 0.1) is 0 Å². The number of fused-ring (bicyclic) bond motifs is 1. The fraction of sp³-hybridized carbons (Fsp3) is 0.111. The third-order valence-electron chi connectivity index (χ3n) is 1.80. The molecule has 0 saturated carbocycles. The monoisotopic (exact) mass is 193 g/mol. The molecule has 5 heteroatoms. The van der Waals surface area contributed by atoms with E-state index in [0.717, 1.165) is 0 Å². The van der Waals surface area contributed by atoms with Crippen molar-refractivity contribution in [2.45, 2.75) is 0 Å². The summed E-state index contributed by atoms with van der Waals surface area (Å²) in [6.07, 6.45) is 0.0636. The van der Waals surface area contributed by atoms with E-state index < -0.39 is 5.97 Å². The predicted molar refractivity (Wildman–Crippen MR) is 47.5 cm³/mol. The molecule has 0 aliphatic rings. The van der Waals surface area contributed by atoms with Crippen LogP contribution in [0.2, 0.25) is 0 Å². The molecule has 72 valence electrons. The van der Waals surface area contributed by atoms with E-state index in [4.69, 9.17) is 14.3 Å². The number of ether oxygens (including phenoxy) is 1. The molecule has 0 radical (unpaired) electrons. The lowest BCUT2D eigenvalue weighted by Gasteiger charge is -1.91.